The molecule has 0 spiro atoms. The monoisotopic (exact) mass is 352 g/mol. The molecule has 2 aromatic heterocycles. The van der Waals surface area contributed by atoms with E-state index in [1.165, 1.54) is 7.11 Å². The highest BCUT2D eigenvalue weighted by atomic mass is 16.6. The maximum Gasteiger partial charge on any atom is 0.319 e. The number of aromatic nitrogens is 2. The molecule has 0 saturated heterocycles. The molecular weight excluding hydrogens is 340 g/mol. The molecule has 130 valence electrons. The van der Waals surface area contributed by atoms with E-state index in [4.69, 9.17) is 9.15 Å². The second-order valence-corrected chi connectivity index (χ2v) is 5.49. The van der Waals surface area contributed by atoms with E-state index in [-0.39, 0.29) is 5.69 Å². The molecular formula is C17H12N4O5. The van der Waals surface area contributed by atoms with Crippen LogP contribution in [0, 0.1) is 10.1 Å². The van der Waals surface area contributed by atoms with Gasteiger partial charge in [0.1, 0.15) is 23.1 Å². The van der Waals surface area contributed by atoms with E-state index in [1.807, 2.05) is 24.3 Å². The van der Waals surface area contributed by atoms with Gasteiger partial charge in [-0.25, -0.2) is 0 Å². The van der Waals surface area contributed by atoms with E-state index in [0.717, 1.165) is 17.0 Å². The van der Waals surface area contributed by atoms with Crippen LogP contribution in [0.1, 0.15) is 10.5 Å². The van der Waals surface area contributed by atoms with Crippen LogP contribution in [0.4, 0.5) is 11.4 Å². The van der Waals surface area contributed by atoms with Crippen LogP contribution in [0.15, 0.2) is 47.0 Å². The van der Waals surface area contributed by atoms with Gasteiger partial charge in [0.25, 0.3) is 5.91 Å². The largest absolute Gasteiger partial charge is 0.495 e. The number of fused-ring (bicyclic) bond motifs is 3. The molecule has 4 rings (SSSR count). The van der Waals surface area contributed by atoms with Crippen molar-refractivity contribution in [3.63, 3.8) is 0 Å². The maximum absolute atomic E-state index is 12.4. The Labute approximate surface area is 145 Å². The Hall–Kier alpha value is -3.88. The van der Waals surface area contributed by atoms with Crippen LogP contribution in [0.25, 0.3) is 21.9 Å². The van der Waals surface area contributed by atoms with Gasteiger partial charge in [-0.1, -0.05) is 18.2 Å². The molecule has 2 aromatic carbocycles. The zero-order chi connectivity index (χ0) is 18.3. The van der Waals surface area contributed by atoms with Crippen LogP contribution in [-0.4, -0.2) is 28.1 Å². The molecule has 9 heteroatoms. The first-order chi connectivity index (χ1) is 12.6. The molecule has 0 radical (unpaired) electrons. The molecule has 2 heterocycles. The van der Waals surface area contributed by atoms with Crippen molar-refractivity contribution in [3.05, 3.63) is 58.4 Å². The second kappa shape index (κ2) is 5.88. The quantitative estimate of drug-likeness (QED) is 0.428. The van der Waals surface area contributed by atoms with E-state index < -0.39 is 16.5 Å². The Morgan fingerprint density at radius 3 is 2.85 bits per heavy atom. The minimum Gasteiger partial charge on any atom is -0.495 e. The number of aromatic amines is 1. The van der Waals surface area contributed by atoms with Gasteiger partial charge in [-0.15, -0.1) is 0 Å². The number of rotatable bonds is 4. The first-order valence-electron chi connectivity index (χ1n) is 7.57. The highest BCUT2D eigenvalue weighted by Crippen LogP contribution is 2.36. The average Bonchev–Trinajstić information content (AvgIpc) is 3.25. The summed E-state index contributed by atoms with van der Waals surface area (Å²) < 4.78 is 11.1. The molecule has 0 aliphatic carbocycles. The Bertz CT molecular complexity index is 1160. The molecule has 0 atom stereocenters. The number of carbonyl (C=O) groups is 1. The SMILES string of the molecule is COc1cc2c(cc1NC(=O)c1[nH]ncc1[N+](=O)[O-])oc1ccccc12. The molecule has 4 aromatic rings. The number of amides is 1. The number of nitrogens with zero attached hydrogens (tertiary/aromatic N) is 2. The van der Waals surface area contributed by atoms with Crippen molar-refractivity contribution >= 4 is 39.2 Å². The number of nitrogens with one attached hydrogen (secondary N) is 2. The lowest BCUT2D eigenvalue weighted by Gasteiger charge is -2.09. The summed E-state index contributed by atoms with van der Waals surface area (Å²) in [5, 5.41) is 21.2. The standard InChI is InChI=1S/C17H12N4O5/c1-25-15-6-10-9-4-2-3-5-13(9)26-14(10)7-11(15)19-17(22)16-12(21(23)24)8-18-20-16/h2-8H,1H3,(H,18,20)(H,19,22). The maximum atomic E-state index is 12.4. The average molecular weight is 352 g/mol. The van der Waals surface area contributed by atoms with E-state index in [0.29, 0.717) is 22.6 Å². The fourth-order valence-electron chi connectivity index (χ4n) is 2.79. The van der Waals surface area contributed by atoms with Gasteiger partial charge < -0.3 is 14.5 Å². The molecule has 9 nitrogen and oxygen atoms in total. The van der Waals surface area contributed by atoms with Gasteiger partial charge >= 0.3 is 5.69 Å². The van der Waals surface area contributed by atoms with Gasteiger partial charge in [0, 0.05) is 16.8 Å². The summed E-state index contributed by atoms with van der Waals surface area (Å²) in [6.07, 6.45) is 0.981. The van der Waals surface area contributed by atoms with Gasteiger partial charge in [0.15, 0.2) is 0 Å². The first kappa shape index (κ1) is 15.6. The minimum atomic E-state index is -0.706. The van der Waals surface area contributed by atoms with Crippen molar-refractivity contribution in [2.75, 3.05) is 12.4 Å². The number of ether oxygens (including phenoxy) is 1. The molecule has 0 fully saturated rings. The van der Waals surface area contributed by atoms with Gasteiger partial charge in [-0.2, -0.15) is 5.10 Å². The van der Waals surface area contributed by atoms with E-state index in [2.05, 4.69) is 15.5 Å². The Morgan fingerprint density at radius 1 is 1.27 bits per heavy atom. The van der Waals surface area contributed by atoms with Crippen LogP contribution in [0.3, 0.4) is 0 Å². The van der Waals surface area contributed by atoms with Gasteiger partial charge in [0.2, 0.25) is 5.69 Å². The number of para-hydroxylation sites is 1. The smallest absolute Gasteiger partial charge is 0.319 e. The highest BCUT2D eigenvalue weighted by Gasteiger charge is 2.24. The summed E-state index contributed by atoms with van der Waals surface area (Å²) >= 11 is 0. The lowest BCUT2D eigenvalue weighted by atomic mass is 10.1. The number of H-pyrrole nitrogens is 1. The first-order valence-corrected chi connectivity index (χ1v) is 7.57. The normalized spacial score (nSPS) is 11.0. The minimum absolute atomic E-state index is 0.248. The predicted octanol–water partition coefficient (Wildman–Crippen LogP) is 3.48. The van der Waals surface area contributed by atoms with Gasteiger partial charge in [-0.05, 0) is 12.1 Å². The van der Waals surface area contributed by atoms with Crippen molar-refractivity contribution in [2.45, 2.75) is 0 Å². The van der Waals surface area contributed by atoms with Gasteiger partial charge in [0.05, 0.1) is 17.7 Å². The Balaban J connectivity index is 1.78. The van der Waals surface area contributed by atoms with Gasteiger partial charge in [-0.3, -0.25) is 20.0 Å². The zero-order valence-corrected chi connectivity index (χ0v) is 13.5. The molecule has 2 N–H and O–H groups in total. The molecule has 26 heavy (non-hydrogen) atoms. The fourth-order valence-corrected chi connectivity index (χ4v) is 2.79. The molecule has 0 saturated carbocycles. The summed E-state index contributed by atoms with van der Waals surface area (Å²) in [6, 6.07) is 10.9. The number of carbonyl (C=O) groups excluding carboxylic acids is 1. The predicted molar refractivity (Wildman–Crippen MR) is 93.5 cm³/mol. The number of benzene rings is 2. The van der Waals surface area contributed by atoms with E-state index in [9.17, 15) is 14.9 Å². The van der Waals surface area contributed by atoms with E-state index in [1.54, 1.807) is 12.1 Å². The van der Waals surface area contributed by atoms with Crippen molar-refractivity contribution in [2.24, 2.45) is 0 Å². The summed E-state index contributed by atoms with van der Waals surface area (Å²) in [4.78, 5) is 22.7. The van der Waals surface area contributed by atoms with Crippen LogP contribution in [0.2, 0.25) is 0 Å². The Kier molecular flexibility index (Phi) is 3.54. The summed E-state index contributed by atoms with van der Waals surface area (Å²) in [5.41, 5.74) is 0.930. The number of hydrogen-bond donors (Lipinski definition) is 2. The summed E-state index contributed by atoms with van der Waals surface area (Å²) in [6.45, 7) is 0. The second-order valence-electron chi connectivity index (χ2n) is 5.49. The lowest BCUT2D eigenvalue weighted by molar-refractivity contribution is -0.385. The Morgan fingerprint density at radius 2 is 2.08 bits per heavy atom. The fraction of sp³-hybridized carbons (Fsp3) is 0.0588. The third-order valence-corrected chi connectivity index (χ3v) is 3.99. The number of furan rings is 1. The topological polar surface area (TPSA) is 123 Å². The third-order valence-electron chi connectivity index (χ3n) is 3.99. The molecule has 0 bridgehead atoms. The van der Waals surface area contributed by atoms with Crippen LogP contribution >= 0.6 is 0 Å². The number of anilines is 1. The molecule has 1 amide bonds. The molecule has 0 aliphatic heterocycles. The number of hydrogen-bond acceptors (Lipinski definition) is 6. The summed E-state index contributed by atoms with van der Waals surface area (Å²) in [5.74, 6) is -0.303. The van der Waals surface area contributed by atoms with Crippen molar-refractivity contribution < 1.29 is 18.9 Å². The van der Waals surface area contributed by atoms with Crippen molar-refractivity contribution in [1.82, 2.24) is 10.2 Å². The van der Waals surface area contributed by atoms with Crippen LogP contribution in [0.5, 0.6) is 5.75 Å². The zero-order valence-electron chi connectivity index (χ0n) is 13.5. The highest BCUT2D eigenvalue weighted by molar-refractivity contribution is 6.10. The number of nitro groups is 1. The number of methoxy groups -OCH3 is 1. The van der Waals surface area contributed by atoms with Crippen LogP contribution < -0.4 is 10.1 Å². The van der Waals surface area contributed by atoms with Crippen molar-refractivity contribution in [1.29, 1.82) is 0 Å². The van der Waals surface area contributed by atoms with E-state index >= 15 is 0 Å². The lowest BCUT2D eigenvalue weighted by Crippen LogP contribution is -2.14. The van der Waals surface area contributed by atoms with Crippen LogP contribution in [-0.2, 0) is 0 Å². The molecule has 0 aliphatic rings. The van der Waals surface area contributed by atoms with Crippen molar-refractivity contribution in [3.8, 4) is 5.75 Å². The summed E-state index contributed by atoms with van der Waals surface area (Å²) in [7, 11) is 1.47. The third kappa shape index (κ3) is 2.42. The molecule has 0 unspecified atom stereocenters.